The molecule has 20 heavy (non-hydrogen) atoms. The molecule has 0 radical (unpaired) electrons. The number of hydrogen-bond donors (Lipinski definition) is 3. The van der Waals surface area contributed by atoms with Crippen LogP contribution in [0.5, 0.6) is 5.75 Å². The smallest absolute Gasteiger partial charge is 0.175 e. The van der Waals surface area contributed by atoms with Crippen molar-refractivity contribution in [2.24, 2.45) is 0 Å². The van der Waals surface area contributed by atoms with E-state index in [9.17, 15) is 5.11 Å². The molecule has 0 aromatic heterocycles. The average molecular weight is 286 g/mol. The largest absolute Gasteiger partial charge is 0.506 e. The predicted octanol–water partition coefficient (Wildman–Crippen LogP) is 4.07. The van der Waals surface area contributed by atoms with E-state index in [1.807, 2.05) is 25.1 Å². The molecule has 3 nitrogen and oxygen atoms in total. The lowest BCUT2D eigenvalue weighted by atomic mass is 10.1. The Labute approximate surface area is 124 Å². The van der Waals surface area contributed by atoms with Crippen LogP contribution >= 0.6 is 12.2 Å². The van der Waals surface area contributed by atoms with Crippen molar-refractivity contribution >= 4 is 28.7 Å². The predicted molar refractivity (Wildman–Crippen MR) is 88.5 cm³/mol. The number of rotatable bonds is 3. The molecule has 0 unspecified atom stereocenters. The van der Waals surface area contributed by atoms with E-state index >= 15 is 0 Å². The highest BCUT2D eigenvalue weighted by Crippen LogP contribution is 2.24. The molecule has 0 spiro atoms. The van der Waals surface area contributed by atoms with Crippen LogP contribution in [0, 0.1) is 6.92 Å². The Morgan fingerprint density at radius 3 is 2.40 bits per heavy atom. The van der Waals surface area contributed by atoms with Gasteiger partial charge >= 0.3 is 0 Å². The van der Waals surface area contributed by atoms with E-state index in [0.29, 0.717) is 10.8 Å². The van der Waals surface area contributed by atoms with Gasteiger partial charge in [-0.15, -0.1) is 0 Å². The number of anilines is 2. The van der Waals surface area contributed by atoms with Gasteiger partial charge in [0.15, 0.2) is 5.11 Å². The fourth-order valence-corrected chi connectivity index (χ4v) is 2.08. The number of phenols is 1. The van der Waals surface area contributed by atoms with E-state index in [2.05, 4.69) is 29.7 Å². The van der Waals surface area contributed by atoms with Crippen LogP contribution in [0.4, 0.5) is 11.4 Å². The number of nitrogens with one attached hydrogen (secondary N) is 2. The number of aryl methyl sites for hydroxylation is 2. The highest BCUT2D eigenvalue weighted by molar-refractivity contribution is 7.80. The summed E-state index contributed by atoms with van der Waals surface area (Å²) < 4.78 is 0. The summed E-state index contributed by atoms with van der Waals surface area (Å²) in [6.45, 7) is 4.05. The maximum atomic E-state index is 9.82. The molecule has 2 rings (SSSR count). The molecule has 0 aliphatic carbocycles. The Morgan fingerprint density at radius 1 is 1.10 bits per heavy atom. The minimum absolute atomic E-state index is 0.190. The molecule has 0 aliphatic heterocycles. The summed E-state index contributed by atoms with van der Waals surface area (Å²) in [5.41, 5.74) is 3.80. The third-order valence-corrected chi connectivity index (χ3v) is 3.23. The van der Waals surface area contributed by atoms with E-state index in [-0.39, 0.29) is 5.75 Å². The lowest BCUT2D eigenvalue weighted by Crippen LogP contribution is -2.19. The van der Waals surface area contributed by atoms with Crippen LogP contribution in [0.25, 0.3) is 0 Å². The molecular formula is C16H18N2OS. The molecule has 2 aromatic carbocycles. The van der Waals surface area contributed by atoms with E-state index in [1.165, 1.54) is 5.56 Å². The Balaban J connectivity index is 2.01. The first kappa shape index (κ1) is 14.3. The number of hydrogen-bond acceptors (Lipinski definition) is 2. The lowest BCUT2D eigenvalue weighted by molar-refractivity contribution is 0.477. The number of phenolic OH excluding ortho intramolecular Hbond substituents is 1. The lowest BCUT2D eigenvalue weighted by Gasteiger charge is -2.12. The van der Waals surface area contributed by atoms with Crippen molar-refractivity contribution in [2.75, 3.05) is 10.6 Å². The Kier molecular flexibility index (Phi) is 4.58. The van der Waals surface area contributed by atoms with Crippen LogP contribution in [-0.2, 0) is 6.42 Å². The van der Waals surface area contributed by atoms with Crippen molar-refractivity contribution in [2.45, 2.75) is 20.3 Å². The van der Waals surface area contributed by atoms with Crippen LogP contribution < -0.4 is 10.6 Å². The summed E-state index contributed by atoms with van der Waals surface area (Å²) in [4.78, 5) is 0. The molecule has 0 atom stereocenters. The summed E-state index contributed by atoms with van der Waals surface area (Å²) in [6.07, 6.45) is 1.01. The standard InChI is InChI=1S/C16H18N2OS/c1-3-12-5-7-13(8-6-12)17-16(20)18-14-9-4-11(2)10-15(14)19/h4-10,19H,3H2,1-2H3,(H2,17,18,20). The Bertz CT molecular complexity index is 608. The molecule has 2 aromatic rings. The molecule has 0 saturated carbocycles. The molecule has 0 bridgehead atoms. The summed E-state index contributed by atoms with van der Waals surface area (Å²) in [5.74, 6) is 0.190. The molecular weight excluding hydrogens is 268 g/mol. The minimum Gasteiger partial charge on any atom is -0.506 e. The maximum absolute atomic E-state index is 9.82. The molecule has 0 amide bonds. The zero-order valence-corrected chi connectivity index (χ0v) is 12.4. The Morgan fingerprint density at radius 2 is 1.80 bits per heavy atom. The molecule has 0 fully saturated rings. The quantitative estimate of drug-likeness (QED) is 0.588. The van der Waals surface area contributed by atoms with Gasteiger partial charge in [-0.25, -0.2) is 0 Å². The third-order valence-electron chi connectivity index (χ3n) is 3.02. The van der Waals surface area contributed by atoms with Gasteiger partial charge in [-0.1, -0.05) is 25.1 Å². The van der Waals surface area contributed by atoms with Crippen molar-refractivity contribution in [3.05, 3.63) is 53.6 Å². The van der Waals surface area contributed by atoms with Gasteiger partial charge in [0.05, 0.1) is 5.69 Å². The number of thiocarbonyl (C=S) groups is 1. The van der Waals surface area contributed by atoms with Gasteiger partial charge in [0, 0.05) is 5.69 Å². The van der Waals surface area contributed by atoms with Crippen LogP contribution in [0.15, 0.2) is 42.5 Å². The highest BCUT2D eigenvalue weighted by atomic mass is 32.1. The Hall–Kier alpha value is -2.07. The van der Waals surface area contributed by atoms with Gasteiger partial charge < -0.3 is 15.7 Å². The van der Waals surface area contributed by atoms with Crippen LogP contribution in [0.1, 0.15) is 18.1 Å². The van der Waals surface area contributed by atoms with Crippen molar-refractivity contribution in [3.8, 4) is 5.75 Å². The van der Waals surface area contributed by atoms with Crippen molar-refractivity contribution in [1.29, 1.82) is 0 Å². The molecule has 0 aliphatic rings. The fraction of sp³-hybridized carbons (Fsp3) is 0.188. The van der Waals surface area contributed by atoms with Gasteiger partial charge in [0.25, 0.3) is 0 Å². The zero-order valence-electron chi connectivity index (χ0n) is 11.6. The fourth-order valence-electron chi connectivity index (χ4n) is 1.86. The maximum Gasteiger partial charge on any atom is 0.175 e. The molecule has 0 saturated heterocycles. The third kappa shape index (κ3) is 3.71. The topological polar surface area (TPSA) is 44.3 Å². The second-order valence-corrected chi connectivity index (χ2v) is 5.06. The van der Waals surface area contributed by atoms with E-state index in [4.69, 9.17) is 12.2 Å². The van der Waals surface area contributed by atoms with E-state index < -0.39 is 0 Å². The van der Waals surface area contributed by atoms with Crippen LogP contribution in [0.3, 0.4) is 0 Å². The van der Waals surface area contributed by atoms with E-state index in [1.54, 1.807) is 12.1 Å². The highest BCUT2D eigenvalue weighted by Gasteiger charge is 2.04. The first-order valence-corrected chi connectivity index (χ1v) is 6.96. The van der Waals surface area contributed by atoms with Crippen molar-refractivity contribution in [3.63, 3.8) is 0 Å². The summed E-state index contributed by atoms with van der Waals surface area (Å²) >= 11 is 5.24. The zero-order chi connectivity index (χ0) is 14.5. The normalized spacial score (nSPS) is 10.1. The minimum atomic E-state index is 0.190. The van der Waals surface area contributed by atoms with Gasteiger partial charge in [-0.2, -0.15) is 0 Å². The molecule has 3 N–H and O–H groups in total. The van der Waals surface area contributed by atoms with Gasteiger partial charge in [0.1, 0.15) is 5.75 Å². The van der Waals surface area contributed by atoms with Crippen LogP contribution in [0.2, 0.25) is 0 Å². The van der Waals surface area contributed by atoms with Crippen molar-refractivity contribution in [1.82, 2.24) is 0 Å². The average Bonchev–Trinajstić information content (AvgIpc) is 2.43. The van der Waals surface area contributed by atoms with Gasteiger partial charge in [-0.05, 0) is 61.0 Å². The molecule has 4 heteroatoms. The number of aromatic hydroxyl groups is 1. The van der Waals surface area contributed by atoms with Gasteiger partial charge in [-0.3, -0.25) is 0 Å². The molecule has 0 heterocycles. The number of benzene rings is 2. The second-order valence-electron chi connectivity index (χ2n) is 4.65. The SMILES string of the molecule is CCc1ccc(NC(=S)Nc2ccc(C)cc2O)cc1. The van der Waals surface area contributed by atoms with Crippen LogP contribution in [-0.4, -0.2) is 10.2 Å². The monoisotopic (exact) mass is 286 g/mol. The summed E-state index contributed by atoms with van der Waals surface area (Å²) in [6, 6.07) is 13.5. The first-order valence-electron chi connectivity index (χ1n) is 6.55. The van der Waals surface area contributed by atoms with Crippen molar-refractivity contribution < 1.29 is 5.11 Å². The first-order chi connectivity index (χ1) is 9.58. The summed E-state index contributed by atoms with van der Waals surface area (Å²) in [5, 5.41) is 16.4. The van der Waals surface area contributed by atoms with Gasteiger partial charge in [0.2, 0.25) is 0 Å². The van der Waals surface area contributed by atoms with E-state index in [0.717, 1.165) is 17.7 Å². The second kappa shape index (κ2) is 6.39. The molecule has 104 valence electrons. The summed E-state index contributed by atoms with van der Waals surface area (Å²) in [7, 11) is 0.